The summed E-state index contributed by atoms with van der Waals surface area (Å²) in [4.78, 5) is 0.508. The van der Waals surface area contributed by atoms with E-state index in [0.717, 1.165) is 71.1 Å². The number of ether oxygens (including phenoxy) is 2. The maximum absolute atomic E-state index is 13.9. The summed E-state index contributed by atoms with van der Waals surface area (Å²) in [6, 6.07) is 19.4. The van der Waals surface area contributed by atoms with Crippen LogP contribution >= 0.6 is 35.4 Å². The second kappa shape index (κ2) is 11.7. The number of aromatic nitrogens is 3. The molecule has 3 heterocycles. The van der Waals surface area contributed by atoms with E-state index in [9.17, 15) is 4.39 Å². The second-order valence-corrected chi connectivity index (χ2v) is 11.0. The van der Waals surface area contributed by atoms with Crippen molar-refractivity contribution in [1.82, 2.24) is 14.2 Å². The van der Waals surface area contributed by atoms with Gasteiger partial charge in [0, 0.05) is 28.4 Å². The molecule has 3 aromatic carbocycles. The molecule has 0 bridgehead atoms. The molecular weight excluding hydrogens is 582 g/mol. The standard InChI is InChI=1S/C31H27Cl2FN4O2S/c1-2-39-23-13-11-22(12-14-23)35-30(41)29-28(19-6-9-21(34)10-7-19)24-5-3-4-16-37-27(36-38(29)31(24)37)18-40-26-15-8-20(32)17-25(26)33/h6-15,17H,2-5,16,18H2,1H3,(H,35,41). The molecule has 1 aliphatic rings. The van der Waals surface area contributed by atoms with Crippen LogP contribution in [0.1, 0.15) is 36.8 Å². The van der Waals surface area contributed by atoms with E-state index in [1.165, 1.54) is 12.1 Å². The van der Waals surface area contributed by atoms with E-state index >= 15 is 0 Å². The van der Waals surface area contributed by atoms with Crippen molar-refractivity contribution in [3.8, 4) is 22.6 Å². The number of thiocarbonyl (C=S) groups is 1. The highest BCUT2D eigenvalue weighted by Crippen LogP contribution is 2.38. The van der Waals surface area contributed by atoms with E-state index in [1.807, 2.05) is 35.7 Å². The van der Waals surface area contributed by atoms with Crippen molar-refractivity contribution < 1.29 is 13.9 Å². The molecule has 210 valence electrons. The van der Waals surface area contributed by atoms with Crippen molar-refractivity contribution in [2.24, 2.45) is 0 Å². The van der Waals surface area contributed by atoms with Crippen LogP contribution in [0.15, 0.2) is 66.7 Å². The van der Waals surface area contributed by atoms with Crippen LogP contribution in [0.5, 0.6) is 11.5 Å². The first-order valence-electron chi connectivity index (χ1n) is 13.4. The van der Waals surface area contributed by atoms with Crippen LogP contribution < -0.4 is 14.8 Å². The number of hydrogen-bond acceptors (Lipinski definition) is 4. The summed E-state index contributed by atoms with van der Waals surface area (Å²) >= 11 is 18.4. The zero-order valence-electron chi connectivity index (χ0n) is 22.3. The average molecular weight is 610 g/mol. The summed E-state index contributed by atoms with van der Waals surface area (Å²) in [6.07, 6.45) is 2.83. The molecule has 5 aromatic rings. The fourth-order valence-corrected chi connectivity index (χ4v) is 6.04. The Balaban J connectivity index is 1.45. The summed E-state index contributed by atoms with van der Waals surface area (Å²) < 4.78 is 29.7. The van der Waals surface area contributed by atoms with Gasteiger partial charge in [0.05, 0.1) is 11.6 Å². The van der Waals surface area contributed by atoms with Crippen LogP contribution in [0, 0.1) is 5.82 Å². The summed E-state index contributed by atoms with van der Waals surface area (Å²) in [6.45, 7) is 3.54. The predicted octanol–water partition coefficient (Wildman–Crippen LogP) is 8.35. The molecule has 0 aliphatic carbocycles. The summed E-state index contributed by atoms with van der Waals surface area (Å²) in [5.74, 6) is 1.79. The first-order valence-corrected chi connectivity index (χ1v) is 14.6. The largest absolute Gasteiger partial charge is 0.494 e. The van der Waals surface area contributed by atoms with Crippen LogP contribution in [-0.4, -0.2) is 25.8 Å². The molecule has 0 saturated carbocycles. The van der Waals surface area contributed by atoms with Gasteiger partial charge in [-0.15, -0.1) is 5.10 Å². The zero-order valence-corrected chi connectivity index (χ0v) is 24.6. The Bertz CT molecular complexity index is 1730. The molecule has 0 spiro atoms. The third-order valence-electron chi connectivity index (χ3n) is 7.08. The minimum Gasteiger partial charge on any atom is -0.494 e. The highest BCUT2D eigenvalue weighted by atomic mass is 35.5. The van der Waals surface area contributed by atoms with Gasteiger partial charge in [-0.05, 0) is 86.3 Å². The number of nitrogens with zero attached hydrogens (tertiary/aromatic N) is 3. The Morgan fingerprint density at radius 2 is 1.80 bits per heavy atom. The van der Waals surface area contributed by atoms with Gasteiger partial charge in [0.15, 0.2) is 5.82 Å². The van der Waals surface area contributed by atoms with Crippen LogP contribution in [-0.2, 0) is 19.6 Å². The van der Waals surface area contributed by atoms with Gasteiger partial charge >= 0.3 is 0 Å². The van der Waals surface area contributed by atoms with E-state index in [4.69, 9.17) is 50.0 Å². The molecule has 6 nitrogen and oxygen atoms in total. The Morgan fingerprint density at radius 1 is 1.02 bits per heavy atom. The lowest BCUT2D eigenvalue weighted by molar-refractivity contribution is 0.289. The molecule has 0 atom stereocenters. The highest BCUT2D eigenvalue weighted by Gasteiger charge is 2.29. The zero-order chi connectivity index (χ0) is 28.5. The highest BCUT2D eigenvalue weighted by molar-refractivity contribution is 7.81. The number of rotatable bonds is 8. The van der Waals surface area contributed by atoms with E-state index in [1.54, 1.807) is 30.3 Å². The Kier molecular flexibility index (Phi) is 7.88. The van der Waals surface area contributed by atoms with Crippen LogP contribution in [0.2, 0.25) is 10.0 Å². The molecule has 2 aromatic heterocycles. The lowest BCUT2D eigenvalue weighted by Gasteiger charge is -2.12. The van der Waals surface area contributed by atoms with E-state index < -0.39 is 0 Å². The monoisotopic (exact) mass is 608 g/mol. The summed E-state index contributed by atoms with van der Waals surface area (Å²) in [5.41, 5.74) is 5.51. The molecule has 6 rings (SSSR count). The van der Waals surface area contributed by atoms with Gasteiger partial charge in [-0.25, -0.2) is 8.91 Å². The lowest BCUT2D eigenvalue weighted by atomic mass is 9.98. The second-order valence-electron chi connectivity index (χ2n) is 9.74. The molecule has 1 aliphatic heterocycles. The molecule has 0 amide bonds. The lowest BCUT2D eigenvalue weighted by Crippen LogP contribution is -2.15. The SMILES string of the molecule is CCOc1ccc(NC(=S)c2c(-c3ccc(F)cc3)c3c4n(c(COc5ccc(Cl)cc5Cl)nn24)CCCC3)cc1. The number of aryl methyl sites for hydroxylation is 2. The number of anilines is 1. The average Bonchev–Trinajstić information content (AvgIpc) is 3.36. The minimum atomic E-state index is -0.289. The molecule has 0 radical (unpaired) electrons. The Morgan fingerprint density at radius 3 is 2.54 bits per heavy atom. The Hall–Kier alpha value is -3.59. The normalized spacial score (nSPS) is 12.8. The van der Waals surface area contributed by atoms with Crippen molar-refractivity contribution in [2.45, 2.75) is 39.3 Å². The quantitative estimate of drug-likeness (QED) is 0.179. The first-order chi connectivity index (χ1) is 19.9. The molecular formula is C31H27Cl2FN4O2S. The molecule has 1 N–H and O–H groups in total. The van der Waals surface area contributed by atoms with E-state index in [2.05, 4.69) is 9.88 Å². The maximum atomic E-state index is 13.9. The molecule has 41 heavy (non-hydrogen) atoms. The maximum Gasteiger partial charge on any atom is 0.169 e. The van der Waals surface area contributed by atoms with E-state index in [-0.39, 0.29) is 12.4 Å². The number of hydrogen-bond donors (Lipinski definition) is 1. The number of halogens is 3. The van der Waals surface area contributed by atoms with Gasteiger partial charge in [-0.3, -0.25) is 0 Å². The molecule has 0 fully saturated rings. The van der Waals surface area contributed by atoms with Gasteiger partial charge in [-0.1, -0.05) is 47.6 Å². The van der Waals surface area contributed by atoms with Crippen molar-refractivity contribution in [2.75, 3.05) is 11.9 Å². The van der Waals surface area contributed by atoms with Crippen molar-refractivity contribution in [1.29, 1.82) is 0 Å². The molecule has 0 saturated heterocycles. The smallest absolute Gasteiger partial charge is 0.169 e. The van der Waals surface area contributed by atoms with Crippen molar-refractivity contribution in [3.63, 3.8) is 0 Å². The van der Waals surface area contributed by atoms with Crippen LogP contribution in [0.4, 0.5) is 10.1 Å². The van der Waals surface area contributed by atoms with Crippen molar-refractivity contribution in [3.05, 3.63) is 99.7 Å². The Labute approximate surface area is 252 Å². The number of nitrogens with one attached hydrogen (secondary N) is 1. The predicted molar refractivity (Wildman–Crippen MR) is 165 cm³/mol. The fraction of sp³-hybridized carbons (Fsp3) is 0.226. The van der Waals surface area contributed by atoms with Gasteiger partial charge < -0.3 is 19.4 Å². The minimum absolute atomic E-state index is 0.215. The summed E-state index contributed by atoms with van der Waals surface area (Å²) in [7, 11) is 0. The van der Waals surface area contributed by atoms with E-state index in [0.29, 0.717) is 27.4 Å². The summed E-state index contributed by atoms with van der Waals surface area (Å²) in [5, 5.41) is 9.38. The molecule has 10 heteroatoms. The van der Waals surface area contributed by atoms with Crippen LogP contribution in [0.25, 0.3) is 16.8 Å². The van der Waals surface area contributed by atoms with Gasteiger partial charge in [0.25, 0.3) is 0 Å². The third kappa shape index (κ3) is 5.52. The first kappa shape index (κ1) is 27.6. The van der Waals surface area contributed by atoms with Crippen molar-refractivity contribution >= 4 is 51.7 Å². The van der Waals surface area contributed by atoms with Gasteiger partial charge in [0.1, 0.15) is 40.3 Å². The van der Waals surface area contributed by atoms with Crippen LogP contribution in [0.3, 0.4) is 0 Å². The van der Waals surface area contributed by atoms with Gasteiger partial charge in [-0.2, -0.15) is 0 Å². The fourth-order valence-electron chi connectivity index (χ4n) is 5.27. The third-order valence-corrected chi connectivity index (χ3v) is 7.91. The van der Waals surface area contributed by atoms with Gasteiger partial charge in [0.2, 0.25) is 0 Å². The molecule has 0 unspecified atom stereocenters. The number of benzene rings is 3. The topological polar surface area (TPSA) is 52.7 Å².